The number of hydrogen-bond acceptors (Lipinski definition) is 2. The third-order valence-electron chi connectivity index (χ3n) is 2.02. The van der Waals surface area contributed by atoms with Crippen molar-refractivity contribution in [3.8, 4) is 0 Å². The van der Waals surface area contributed by atoms with Crippen LogP contribution < -0.4 is 5.32 Å². The summed E-state index contributed by atoms with van der Waals surface area (Å²) in [6, 6.07) is 5.81. The molecule has 1 rings (SSSR count). The molecule has 0 aromatic carbocycles. The van der Waals surface area contributed by atoms with E-state index in [1.807, 2.05) is 24.3 Å². The second kappa shape index (κ2) is 4.78. The lowest BCUT2D eigenvalue weighted by Gasteiger charge is -2.23. The van der Waals surface area contributed by atoms with E-state index in [2.05, 4.69) is 37.7 Å². The molecule has 0 saturated carbocycles. The van der Waals surface area contributed by atoms with E-state index in [0.717, 1.165) is 11.5 Å². The van der Waals surface area contributed by atoms with E-state index < -0.39 is 0 Å². The van der Waals surface area contributed by atoms with Crippen molar-refractivity contribution in [3.63, 3.8) is 0 Å². The molecule has 2 nitrogen and oxygen atoms in total. The molecule has 1 heterocycles. The Morgan fingerprint density at radius 1 is 1.40 bits per heavy atom. The number of anilines is 1. The normalized spacial score (nSPS) is 12.3. The maximum absolute atomic E-state index is 4.23. The molecule has 0 atom stereocenters. The van der Waals surface area contributed by atoms with Crippen molar-refractivity contribution in [1.82, 2.24) is 4.98 Å². The molecule has 0 bridgehead atoms. The predicted octanol–water partition coefficient (Wildman–Crippen LogP) is 3.61. The van der Waals surface area contributed by atoms with Crippen LogP contribution in [-0.4, -0.2) is 4.98 Å². The monoisotopic (exact) mass is 202 g/mol. The van der Waals surface area contributed by atoms with Crippen molar-refractivity contribution in [2.45, 2.75) is 20.8 Å². The highest BCUT2D eigenvalue weighted by molar-refractivity contribution is 5.43. The zero-order valence-electron chi connectivity index (χ0n) is 9.62. The summed E-state index contributed by atoms with van der Waals surface area (Å²) >= 11 is 0. The van der Waals surface area contributed by atoms with E-state index in [1.165, 1.54) is 0 Å². The Morgan fingerprint density at radius 2 is 2.13 bits per heavy atom. The van der Waals surface area contributed by atoms with Crippen molar-refractivity contribution in [1.29, 1.82) is 0 Å². The standard InChI is InChI=1S/C13H18N2/c1-5-8-11(13(2,3)4)15-12-9-6-7-10-14-12/h5-10H,1H2,2-4H3,(H,14,15)/b11-8+. The van der Waals surface area contributed by atoms with E-state index in [4.69, 9.17) is 0 Å². The van der Waals surface area contributed by atoms with Crippen molar-refractivity contribution < 1.29 is 0 Å². The molecule has 2 heteroatoms. The van der Waals surface area contributed by atoms with Gasteiger partial charge >= 0.3 is 0 Å². The maximum atomic E-state index is 4.23. The zero-order chi connectivity index (χ0) is 11.3. The molecule has 0 aliphatic heterocycles. The molecule has 0 spiro atoms. The molecule has 15 heavy (non-hydrogen) atoms. The van der Waals surface area contributed by atoms with Gasteiger partial charge in [0.1, 0.15) is 5.82 Å². The fraction of sp³-hybridized carbons (Fsp3) is 0.308. The quantitative estimate of drug-likeness (QED) is 0.757. The molecule has 0 saturated heterocycles. The molecular weight excluding hydrogens is 184 g/mol. The van der Waals surface area contributed by atoms with E-state index in [1.54, 1.807) is 12.3 Å². The van der Waals surface area contributed by atoms with E-state index in [0.29, 0.717) is 0 Å². The lowest BCUT2D eigenvalue weighted by Crippen LogP contribution is -2.17. The molecule has 1 aromatic rings. The second-order valence-electron chi connectivity index (χ2n) is 4.41. The largest absolute Gasteiger partial charge is 0.343 e. The first kappa shape index (κ1) is 11.5. The van der Waals surface area contributed by atoms with E-state index >= 15 is 0 Å². The Morgan fingerprint density at radius 3 is 2.60 bits per heavy atom. The summed E-state index contributed by atoms with van der Waals surface area (Å²) in [5.41, 5.74) is 1.17. The molecule has 0 fully saturated rings. The number of nitrogens with zero attached hydrogens (tertiary/aromatic N) is 1. The lowest BCUT2D eigenvalue weighted by molar-refractivity contribution is 0.507. The number of nitrogens with one attached hydrogen (secondary N) is 1. The Labute approximate surface area is 91.7 Å². The molecule has 0 radical (unpaired) electrons. The molecular formula is C13H18N2. The van der Waals surface area contributed by atoms with Gasteiger partial charge in [0.05, 0.1) is 0 Å². The fourth-order valence-corrected chi connectivity index (χ4v) is 1.17. The molecule has 1 aromatic heterocycles. The highest BCUT2D eigenvalue weighted by Gasteiger charge is 2.16. The van der Waals surface area contributed by atoms with Gasteiger partial charge in [0.25, 0.3) is 0 Å². The van der Waals surface area contributed by atoms with Gasteiger partial charge in [-0.3, -0.25) is 0 Å². The topological polar surface area (TPSA) is 24.9 Å². The minimum atomic E-state index is 0.0612. The van der Waals surface area contributed by atoms with Gasteiger partial charge in [0.2, 0.25) is 0 Å². The van der Waals surface area contributed by atoms with Crippen molar-refractivity contribution in [3.05, 3.63) is 48.8 Å². The average Bonchev–Trinajstić information content (AvgIpc) is 2.17. The Kier molecular flexibility index (Phi) is 3.67. The first-order chi connectivity index (χ1) is 7.04. The van der Waals surface area contributed by atoms with Gasteiger partial charge in [0, 0.05) is 17.3 Å². The third-order valence-corrected chi connectivity index (χ3v) is 2.02. The van der Waals surface area contributed by atoms with Crippen LogP contribution >= 0.6 is 0 Å². The summed E-state index contributed by atoms with van der Waals surface area (Å²) in [5, 5.41) is 3.30. The maximum Gasteiger partial charge on any atom is 0.130 e. The summed E-state index contributed by atoms with van der Waals surface area (Å²) in [6.45, 7) is 10.2. The van der Waals surface area contributed by atoms with Crippen LogP contribution in [0, 0.1) is 5.41 Å². The van der Waals surface area contributed by atoms with E-state index in [-0.39, 0.29) is 5.41 Å². The second-order valence-corrected chi connectivity index (χ2v) is 4.41. The smallest absolute Gasteiger partial charge is 0.130 e. The average molecular weight is 202 g/mol. The molecule has 80 valence electrons. The van der Waals surface area contributed by atoms with Crippen LogP contribution in [0.15, 0.2) is 48.8 Å². The lowest BCUT2D eigenvalue weighted by atomic mass is 9.91. The molecule has 0 aliphatic carbocycles. The van der Waals surface area contributed by atoms with Crippen molar-refractivity contribution >= 4 is 5.82 Å². The Hall–Kier alpha value is -1.57. The van der Waals surface area contributed by atoms with Gasteiger partial charge in [-0.2, -0.15) is 0 Å². The number of rotatable bonds is 3. The van der Waals surface area contributed by atoms with Crippen LogP contribution in [0.4, 0.5) is 5.82 Å². The van der Waals surface area contributed by atoms with Crippen LogP contribution in [0.2, 0.25) is 0 Å². The molecule has 0 unspecified atom stereocenters. The highest BCUT2D eigenvalue weighted by atomic mass is 15.0. The summed E-state index contributed by atoms with van der Waals surface area (Å²) in [5.74, 6) is 0.862. The minimum absolute atomic E-state index is 0.0612. The molecule has 0 aliphatic rings. The van der Waals surface area contributed by atoms with Gasteiger partial charge in [0.15, 0.2) is 0 Å². The van der Waals surface area contributed by atoms with Crippen molar-refractivity contribution in [2.24, 2.45) is 5.41 Å². The van der Waals surface area contributed by atoms with Crippen LogP contribution in [0.1, 0.15) is 20.8 Å². The van der Waals surface area contributed by atoms with Crippen LogP contribution in [-0.2, 0) is 0 Å². The summed E-state index contributed by atoms with van der Waals surface area (Å²) < 4.78 is 0. The van der Waals surface area contributed by atoms with Gasteiger partial charge in [-0.25, -0.2) is 4.98 Å². The molecule has 0 amide bonds. The van der Waals surface area contributed by atoms with Crippen molar-refractivity contribution in [2.75, 3.05) is 5.32 Å². The number of pyridine rings is 1. The minimum Gasteiger partial charge on any atom is -0.343 e. The number of allylic oxidation sites excluding steroid dienone is 3. The summed E-state index contributed by atoms with van der Waals surface area (Å²) in [7, 11) is 0. The van der Waals surface area contributed by atoms with Gasteiger partial charge < -0.3 is 5.32 Å². The van der Waals surface area contributed by atoms with Crippen LogP contribution in [0.25, 0.3) is 0 Å². The first-order valence-electron chi connectivity index (χ1n) is 5.05. The van der Waals surface area contributed by atoms with Crippen LogP contribution in [0.5, 0.6) is 0 Å². The van der Waals surface area contributed by atoms with Crippen LogP contribution in [0.3, 0.4) is 0 Å². The number of aromatic nitrogens is 1. The SMILES string of the molecule is C=C/C=C(/Nc1ccccn1)C(C)(C)C. The summed E-state index contributed by atoms with van der Waals surface area (Å²) in [6.07, 6.45) is 5.54. The summed E-state index contributed by atoms with van der Waals surface area (Å²) in [4.78, 5) is 4.23. The molecule has 1 N–H and O–H groups in total. The highest BCUT2D eigenvalue weighted by Crippen LogP contribution is 2.25. The first-order valence-corrected chi connectivity index (χ1v) is 5.05. The number of hydrogen-bond donors (Lipinski definition) is 1. The third kappa shape index (κ3) is 3.58. The van der Waals surface area contributed by atoms with Gasteiger partial charge in [-0.05, 0) is 18.2 Å². The predicted molar refractivity (Wildman–Crippen MR) is 65.6 cm³/mol. The van der Waals surface area contributed by atoms with Gasteiger partial charge in [-0.1, -0.05) is 39.5 Å². The Bertz CT molecular complexity index is 345. The zero-order valence-corrected chi connectivity index (χ0v) is 9.62. The van der Waals surface area contributed by atoms with E-state index in [9.17, 15) is 0 Å². The fourth-order valence-electron chi connectivity index (χ4n) is 1.17. The Balaban J connectivity index is 2.86. The van der Waals surface area contributed by atoms with Gasteiger partial charge in [-0.15, -0.1) is 0 Å².